The Hall–Kier alpha value is -2.04. The van der Waals surface area contributed by atoms with Crippen molar-refractivity contribution in [2.24, 2.45) is 5.92 Å². The molecule has 0 unspecified atom stereocenters. The molecule has 0 aliphatic carbocycles. The van der Waals surface area contributed by atoms with E-state index in [1.807, 2.05) is 32.0 Å². The summed E-state index contributed by atoms with van der Waals surface area (Å²) in [5.74, 6) is -0.115. The fourth-order valence-electron chi connectivity index (χ4n) is 2.18. The van der Waals surface area contributed by atoms with E-state index in [2.05, 4.69) is 22.8 Å². The second-order valence-electron chi connectivity index (χ2n) is 5.69. The maximum absolute atomic E-state index is 11.8. The lowest BCUT2D eigenvalue weighted by Crippen LogP contribution is -2.47. The number of rotatable bonds is 8. The van der Waals surface area contributed by atoms with E-state index in [0.29, 0.717) is 18.9 Å². The van der Waals surface area contributed by atoms with E-state index in [4.69, 9.17) is 4.74 Å². The number of carbonyl (C=O) groups excluding carboxylic acids is 2. The Bertz CT molecular complexity index is 460. The van der Waals surface area contributed by atoms with Gasteiger partial charge in [-0.3, -0.25) is 0 Å². The van der Waals surface area contributed by atoms with Crippen molar-refractivity contribution in [3.63, 3.8) is 0 Å². The van der Waals surface area contributed by atoms with E-state index in [0.717, 1.165) is 12.8 Å². The van der Waals surface area contributed by atoms with Crippen LogP contribution in [0.15, 0.2) is 30.3 Å². The van der Waals surface area contributed by atoms with Gasteiger partial charge in [-0.25, -0.2) is 9.59 Å². The molecule has 122 valence electrons. The summed E-state index contributed by atoms with van der Waals surface area (Å²) in [6.45, 7) is 4.56. The van der Waals surface area contributed by atoms with Crippen LogP contribution in [0.1, 0.15) is 32.3 Å². The topological polar surface area (TPSA) is 67.4 Å². The number of carbonyl (C=O) groups is 2. The van der Waals surface area contributed by atoms with Crippen LogP contribution in [0.3, 0.4) is 0 Å². The monoisotopic (exact) mass is 306 g/mol. The number of benzene rings is 1. The summed E-state index contributed by atoms with van der Waals surface area (Å²) in [7, 11) is 1.33. The molecule has 0 aliphatic rings. The summed E-state index contributed by atoms with van der Waals surface area (Å²) >= 11 is 0. The molecule has 5 nitrogen and oxygen atoms in total. The van der Waals surface area contributed by atoms with Gasteiger partial charge in [-0.15, -0.1) is 0 Å². The number of esters is 1. The van der Waals surface area contributed by atoms with Gasteiger partial charge in [-0.05, 0) is 30.7 Å². The van der Waals surface area contributed by atoms with Gasteiger partial charge in [0.05, 0.1) is 7.11 Å². The Balaban J connectivity index is 2.29. The highest BCUT2D eigenvalue weighted by Crippen LogP contribution is 2.06. The van der Waals surface area contributed by atoms with Gasteiger partial charge in [-0.2, -0.15) is 0 Å². The molecule has 1 atom stereocenters. The van der Waals surface area contributed by atoms with Crippen LogP contribution in [0.2, 0.25) is 0 Å². The van der Waals surface area contributed by atoms with Gasteiger partial charge in [0.1, 0.15) is 6.04 Å². The van der Waals surface area contributed by atoms with Gasteiger partial charge in [0.15, 0.2) is 0 Å². The largest absolute Gasteiger partial charge is 0.467 e. The maximum atomic E-state index is 11.8. The van der Waals surface area contributed by atoms with Crippen LogP contribution in [0.5, 0.6) is 0 Å². The third kappa shape index (κ3) is 7.11. The molecule has 22 heavy (non-hydrogen) atoms. The van der Waals surface area contributed by atoms with Gasteiger partial charge < -0.3 is 15.4 Å². The smallest absolute Gasteiger partial charge is 0.328 e. The minimum Gasteiger partial charge on any atom is -0.467 e. The molecular weight excluding hydrogens is 280 g/mol. The third-order valence-corrected chi connectivity index (χ3v) is 3.27. The van der Waals surface area contributed by atoms with Crippen LogP contribution in [0, 0.1) is 5.92 Å². The molecule has 0 heterocycles. The van der Waals surface area contributed by atoms with Crippen LogP contribution < -0.4 is 10.6 Å². The fourth-order valence-corrected chi connectivity index (χ4v) is 2.18. The van der Waals surface area contributed by atoms with Gasteiger partial charge in [0.25, 0.3) is 0 Å². The molecule has 1 aromatic rings. The van der Waals surface area contributed by atoms with Gasteiger partial charge in [0.2, 0.25) is 0 Å². The summed E-state index contributed by atoms with van der Waals surface area (Å²) < 4.78 is 4.72. The Kier molecular flexibility index (Phi) is 8.04. The Morgan fingerprint density at radius 1 is 1.18 bits per heavy atom. The van der Waals surface area contributed by atoms with Crippen molar-refractivity contribution in [1.82, 2.24) is 10.6 Å². The molecule has 0 radical (unpaired) electrons. The zero-order valence-electron chi connectivity index (χ0n) is 13.6. The van der Waals surface area contributed by atoms with Gasteiger partial charge in [0, 0.05) is 6.54 Å². The highest BCUT2D eigenvalue weighted by atomic mass is 16.5. The van der Waals surface area contributed by atoms with Crippen molar-refractivity contribution in [3.05, 3.63) is 35.9 Å². The predicted molar refractivity (Wildman–Crippen MR) is 86.6 cm³/mol. The van der Waals surface area contributed by atoms with Crippen molar-refractivity contribution in [2.45, 2.75) is 39.2 Å². The Morgan fingerprint density at radius 3 is 2.45 bits per heavy atom. The second-order valence-corrected chi connectivity index (χ2v) is 5.69. The standard InChI is InChI=1S/C17H26N2O3/c1-13(2)12-15(16(20)22-3)19-17(21)18-11-7-10-14-8-5-4-6-9-14/h4-6,8-9,13,15H,7,10-12H2,1-3H3,(H2,18,19,21)/t15-/m0/s1. The summed E-state index contributed by atoms with van der Waals surface area (Å²) in [6.07, 6.45) is 2.32. The summed E-state index contributed by atoms with van der Waals surface area (Å²) in [6, 6.07) is 9.19. The number of methoxy groups -OCH3 is 1. The molecule has 0 aliphatic heterocycles. The van der Waals surface area contributed by atoms with Crippen molar-refractivity contribution < 1.29 is 14.3 Å². The predicted octanol–water partition coefficient (Wildman–Crippen LogP) is 2.51. The molecule has 0 bridgehead atoms. The first-order valence-electron chi connectivity index (χ1n) is 7.69. The highest BCUT2D eigenvalue weighted by Gasteiger charge is 2.22. The zero-order chi connectivity index (χ0) is 16.4. The number of urea groups is 1. The van der Waals surface area contributed by atoms with E-state index in [-0.39, 0.29) is 6.03 Å². The minimum absolute atomic E-state index is 0.294. The zero-order valence-corrected chi connectivity index (χ0v) is 13.6. The second kappa shape index (κ2) is 9.82. The summed E-state index contributed by atoms with van der Waals surface area (Å²) in [5.41, 5.74) is 1.25. The lowest BCUT2D eigenvalue weighted by atomic mass is 10.0. The lowest BCUT2D eigenvalue weighted by Gasteiger charge is -2.18. The molecule has 0 saturated carbocycles. The average Bonchev–Trinajstić information content (AvgIpc) is 2.50. The molecule has 0 fully saturated rings. The van der Waals surface area contributed by atoms with Gasteiger partial charge >= 0.3 is 12.0 Å². The van der Waals surface area contributed by atoms with E-state index in [1.54, 1.807) is 0 Å². The molecule has 0 aromatic heterocycles. The minimum atomic E-state index is -0.598. The van der Waals surface area contributed by atoms with E-state index >= 15 is 0 Å². The third-order valence-electron chi connectivity index (χ3n) is 3.27. The van der Waals surface area contributed by atoms with Crippen molar-refractivity contribution in [1.29, 1.82) is 0 Å². The molecule has 1 rings (SSSR count). The van der Waals surface area contributed by atoms with E-state index in [1.165, 1.54) is 12.7 Å². The Morgan fingerprint density at radius 2 is 1.86 bits per heavy atom. The van der Waals surface area contributed by atoms with E-state index < -0.39 is 12.0 Å². The van der Waals surface area contributed by atoms with Crippen LogP contribution in [-0.4, -0.2) is 31.7 Å². The molecule has 2 N–H and O–H groups in total. The number of nitrogens with one attached hydrogen (secondary N) is 2. The van der Waals surface area contributed by atoms with Crippen LogP contribution in [0.25, 0.3) is 0 Å². The fraction of sp³-hybridized carbons (Fsp3) is 0.529. The first-order valence-corrected chi connectivity index (χ1v) is 7.69. The first kappa shape index (κ1) is 18.0. The molecule has 1 aromatic carbocycles. The quantitative estimate of drug-likeness (QED) is 0.573. The number of aryl methyl sites for hydroxylation is 1. The van der Waals surface area contributed by atoms with Crippen molar-refractivity contribution in [2.75, 3.05) is 13.7 Å². The first-order chi connectivity index (χ1) is 10.5. The van der Waals surface area contributed by atoms with Crippen LogP contribution >= 0.6 is 0 Å². The molecular formula is C17H26N2O3. The lowest BCUT2D eigenvalue weighted by molar-refractivity contribution is -0.143. The van der Waals surface area contributed by atoms with Crippen LogP contribution in [0.4, 0.5) is 4.79 Å². The molecule has 5 heteroatoms. The SMILES string of the molecule is COC(=O)[C@H](CC(C)C)NC(=O)NCCCc1ccccc1. The summed E-state index contributed by atoms with van der Waals surface area (Å²) in [5, 5.41) is 5.45. The van der Waals surface area contributed by atoms with Gasteiger partial charge in [-0.1, -0.05) is 44.2 Å². The normalized spacial score (nSPS) is 11.8. The van der Waals surface area contributed by atoms with E-state index in [9.17, 15) is 9.59 Å². The molecule has 2 amide bonds. The number of ether oxygens (including phenoxy) is 1. The maximum Gasteiger partial charge on any atom is 0.328 e. The molecule has 0 saturated heterocycles. The molecule has 0 spiro atoms. The summed E-state index contributed by atoms with van der Waals surface area (Å²) in [4.78, 5) is 23.5. The number of hydrogen-bond donors (Lipinski definition) is 2. The number of amides is 2. The Labute approximate surface area is 132 Å². The average molecular weight is 306 g/mol. The van der Waals surface area contributed by atoms with Crippen molar-refractivity contribution >= 4 is 12.0 Å². The number of hydrogen-bond acceptors (Lipinski definition) is 3. The van der Waals surface area contributed by atoms with Crippen LogP contribution in [-0.2, 0) is 16.0 Å². The van der Waals surface area contributed by atoms with Crippen molar-refractivity contribution in [3.8, 4) is 0 Å². The highest BCUT2D eigenvalue weighted by molar-refractivity contribution is 5.83.